The Morgan fingerprint density at radius 2 is 1.83 bits per heavy atom. The molecule has 3 aromatic rings. The Morgan fingerprint density at radius 3 is 2.53 bits per heavy atom. The Kier molecular flexibility index (Phi) is 6.29. The average molecular weight is 405 g/mol. The van der Waals surface area contributed by atoms with Crippen molar-refractivity contribution in [2.45, 2.75) is 38.7 Å². The Balaban J connectivity index is 1.26. The number of oxazole rings is 1. The summed E-state index contributed by atoms with van der Waals surface area (Å²) < 4.78 is 5.83. The van der Waals surface area contributed by atoms with E-state index in [1.165, 1.54) is 5.56 Å². The molecule has 0 radical (unpaired) electrons. The van der Waals surface area contributed by atoms with Crippen LogP contribution in [0.25, 0.3) is 11.3 Å². The van der Waals surface area contributed by atoms with Gasteiger partial charge in [-0.3, -0.25) is 4.79 Å². The van der Waals surface area contributed by atoms with E-state index in [0.717, 1.165) is 29.7 Å². The molecule has 1 unspecified atom stereocenters. The van der Waals surface area contributed by atoms with Gasteiger partial charge in [-0.25, -0.2) is 4.98 Å². The van der Waals surface area contributed by atoms with E-state index in [-0.39, 0.29) is 11.8 Å². The standard InChI is InChI=1S/C25H28N2O3/c1-18-7-9-19(10-8-18)22-17-26-23(30-22)11-12-24(28)27-15-13-21(14-16-27)25(29)20-5-3-2-4-6-20/h2-10,17,21,25,29H,11-16H2,1H3. The summed E-state index contributed by atoms with van der Waals surface area (Å²) in [7, 11) is 0. The van der Waals surface area contributed by atoms with Gasteiger partial charge in [-0.2, -0.15) is 0 Å². The minimum Gasteiger partial charge on any atom is -0.441 e. The van der Waals surface area contributed by atoms with Gasteiger partial charge in [0.1, 0.15) is 0 Å². The molecule has 1 saturated heterocycles. The smallest absolute Gasteiger partial charge is 0.223 e. The summed E-state index contributed by atoms with van der Waals surface area (Å²) in [5.74, 6) is 1.64. The van der Waals surface area contributed by atoms with E-state index in [4.69, 9.17) is 4.42 Å². The summed E-state index contributed by atoms with van der Waals surface area (Å²) >= 11 is 0. The molecule has 1 fully saturated rings. The largest absolute Gasteiger partial charge is 0.441 e. The number of aliphatic hydroxyl groups is 1. The maximum absolute atomic E-state index is 12.6. The molecule has 4 rings (SSSR count). The summed E-state index contributed by atoms with van der Waals surface area (Å²) in [5, 5.41) is 10.6. The molecule has 2 aromatic carbocycles. The van der Waals surface area contributed by atoms with Crippen LogP contribution < -0.4 is 0 Å². The van der Waals surface area contributed by atoms with E-state index in [0.29, 0.717) is 31.8 Å². The Bertz CT molecular complexity index is 958. The van der Waals surface area contributed by atoms with Crippen LogP contribution in [0.4, 0.5) is 0 Å². The number of hydrogen-bond acceptors (Lipinski definition) is 4. The fraction of sp³-hybridized carbons (Fsp3) is 0.360. The lowest BCUT2D eigenvalue weighted by Gasteiger charge is -2.34. The fourth-order valence-corrected chi connectivity index (χ4v) is 4.04. The average Bonchev–Trinajstić information content (AvgIpc) is 3.27. The van der Waals surface area contributed by atoms with Crippen LogP contribution in [0.1, 0.15) is 42.4 Å². The SMILES string of the molecule is Cc1ccc(-c2cnc(CCC(=O)N3CCC(C(O)c4ccccc4)CC3)o2)cc1. The van der Waals surface area contributed by atoms with Crippen LogP contribution in [0.3, 0.4) is 0 Å². The third kappa shape index (κ3) is 4.79. The number of aromatic nitrogens is 1. The predicted octanol–water partition coefficient (Wildman–Crippen LogP) is 4.55. The van der Waals surface area contributed by atoms with Gasteiger partial charge in [-0.15, -0.1) is 0 Å². The molecule has 2 heterocycles. The second-order valence-corrected chi connectivity index (χ2v) is 8.06. The first-order valence-corrected chi connectivity index (χ1v) is 10.6. The van der Waals surface area contributed by atoms with Crippen molar-refractivity contribution in [3.63, 3.8) is 0 Å². The molecule has 0 aliphatic carbocycles. The first-order valence-electron chi connectivity index (χ1n) is 10.6. The zero-order valence-electron chi connectivity index (χ0n) is 17.3. The summed E-state index contributed by atoms with van der Waals surface area (Å²) in [4.78, 5) is 18.9. The molecule has 5 heteroatoms. The summed E-state index contributed by atoms with van der Waals surface area (Å²) in [6, 6.07) is 17.9. The van der Waals surface area contributed by atoms with E-state index in [2.05, 4.69) is 4.98 Å². The normalized spacial score (nSPS) is 15.9. The molecule has 1 aliphatic rings. The van der Waals surface area contributed by atoms with Crippen molar-refractivity contribution in [1.82, 2.24) is 9.88 Å². The van der Waals surface area contributed by atoms with Crippen molar-refractivity contribution in [2.75, 3.05) is 13.1 Å². The van der Waals surface area contributed by atoms with Crippen molar-refractivity contribution in [3.8, 4) is 11.3 Å². The second-order valence-electron chi connectivity index (χ2n) is 8.06. The highest BCUT2D eigenvalue weighted by Gasteiger charge is 2.28. The zero-order chi connectivity index (χ0) is 20.9. The third-order valence-corrected chi connectivity index (χ3v) is 5.92. The molecule has 0 bridgehead atoms. The first kappa shape index (κ1) is 20.4. The topological polar surface area (TPSA) is 66.6 Å². The van der Waals surface area contributed by atoms with E-state index < -0.39 is 6.10 Å². The first-order chi connectivity index (χ1) is 14.6. The Morgan fingerprint density at radius 1 is 1.13 bits per heavy atom. The minimum absolute atomic E-state index is 0.123. The van der Waals surface area contributed by atoms with E-state index >= 15 is 0 Å². The molecule has 156 valence electrons. The molecule has 30 heavy (non-hydrogen) atoms. The molecule has 1 aliphatic heterocycles. The molecule has 1 aromatic heterocycles. The predicted molar refractivity (Wildman–Crippen MR) is 116 cm³/mol. The molecular formula is C25H28N2O3. The Hall–Kier alpha value is -2.92. The molecule has 0 spiro atoms. The van der Waals surface area contributed by atoms with Crippen LogP contribution in [-0.2, 0) is 11.2 Å². The van der Waals surface area contributed by atoms with E-state index in [1.807, 2.05) is 66.4 Å². The minimum atomic E-state index is -0.462. The quantitative estimate of drug-likeness (QED) is 0.654. The number of aryl methyl sites for hydroxylation is 2. The van der Waals surface area contributed by atoms with Gasteiger partial charge in [0.15, 0.2) is 11.7 Å². The van der Waals surface area contributed by atoms with E-state index in [1.54, 1.807) is 6.20 Å². The maximum atomic E-state index is 12.6. The van der Waals surface area contributed by atoms with Crippen LogP contribution in [0.15, 0.2) is 65.2 Å². The van der Waals surface area contributed by atoms with Crippen molar-refractivity contribution >= 4 is 5.91 Å². The summed E-state index contributed by atoms with van der Waals surface area (Å²) in [6.07, 6.45) is 3.78. The molecule has 0 saturated carbocycles. The van der Waals surface area contributed by atoms with Gasteiger partial charge in [0.05, 0.1) is 12.3 Å². The number of amides is 1. The lowest BCUT2D eigenvalue weighted by atomic mass is 9.87. The zero-order valence-corrected chi connectivity index (χ0v) is 17.3. The third-order valence-electron chi connectivity index (χ3n) is 5.92. The van der Waals surface area contributed by atoms with Crippen LogP contribution in [0, 0.1) is 12.8 Å². The highest BCUT2D eigenvalue weighted by atomic mass is 16.4. The van der Waals surface area contributed by atoms with Gasteiger partial charge < -0.3 is 14.4 Å². The van der Waals surface area contributed by atoms with Crippen molar-refractivity contribution in [2.24, 2.45) is 5.92 Å². The van der Waals surface area contributed by atoms with Gasteiger partial charge in [-0.1, -0.05) is 60.2 Å². The van der Waals surface area contributed by atoms with Gasteiger partial charge >= 0.3 is 0 Å². The number of aliphatic hydroxyl groups excluding tert-OH is 1. The lowest BCUT2D eigenvalue weighted by Crippen LogP contribution is -2.39. The highest BCUT2D eigenvalue weighted by molar-refractivity contribution is 5.76. The fourth-order valence-electron chi connectivity index (χ4n) is 4.04. The Labute approximate surface area is 177 Å². The van der Waals surface area contributed by atoms with E-state index in [9.17, 15) is 9.90 Å². The molecule has 1 N–H and O–H groups in total. The van der Waals surface area contributed by atoms with Crippen molar-refractivity contribution < 1.29 is 14.3 Å². The number of carbonyl (C=O) groups excluding carboxylic acids is 1. The van der Waals surface area contributed by atoms with Crippen molar-refractivity contribution in [1.29, 1.82) is 0 Å². The molecule has 5 nitrogen and oxygen atoms in total. The number of carbonyl (C=O) groups is 1. The molecular weight excluding hydrogens is 376 g/mol. The monoisotopic (exact) mass is 404 g/mol. The number of nitrogens with zero attached hydrogens (tertiary/aromatic N) is 2. The van der Waals surface area contributed by atoms with Crippen molar-refractivity contribution in [3.05, 3.63) is 77.8 Å². The highest BCUT2D eigenvalue weighted by Crippen LogP contribution is 2.31. The maximum Gasteiger partial charge on any atom is 0.223 e. The summed E-state index contributed by atoms with van der Waals surface area (Å²) in [5.41, 5.74) is 3.14. The number of likely N-dealkylation sites (tertiary alicyclic amines) is 1. The van der Waals surface area contributed by atoms with Gasteiger partial charge in [-0.05, 0) is 31.2 Å². The van der Waals surface area contributed by atoms with Crippen LogP contribution in [0.2, 0.25) is 0 Å². The van der Waals surface area contributed by atoms with Gasteiger partial charge in [0.25, 0.3) is 0 Å². The number of hydrogen-bond donors (Lipinski definition) is 1. The number of rotatable bonds is 6. The number of benzene rings is 2. The molecule has 1 amide bonds. The van der Waals surface area contributed by atoms with Gasteiger partial charge in [0, 0.05) is 31.5 Å². The van der Waals surface area contributed by atoms with Crippen LogP contribution >= 0.6 is 0 Å². The van der Waals surface area contributed by atoms with Crippen LogP contribution in [-0.4, -0.2) is 34.0 Å². The number of piperidine rings is 1. The van der Waals surface area contributed by atoms with Gasteiger partial charge in [0.2, 0.25) is 5.91 Å². The summed E-state index contributed by atoms with van der Waals surface area (Å²) in [6.45, 7) is 3.42. The molecule has 1 atom stereocenters. The second kappa shape index (κ2) is 9.26. The van der Waals surface area contributed by atoms with Crippen LogP contribution in [0.5, 0.6) is 0 Å². The lowest BCUT2D eigenvalue weighted by molar-refractivity contribution is -0.133.